The van der Waals surface area contributed by atoms with Gasteiger partial charge in [0.25, 0.3) is 0 Å². The van der Waals surface area contributed by atoms with Crippen molar-refractivity contribution >= 4 is 11.9 Å². The highest BCUT2D eigenvalue weighted by molar-refractivity contribution is 5.60. The summed E-state index contributed by atoms with van der Waals surface area (Å²) in [6.45, 7) is 10.1. The number of nitrogens with one attached hydrogen (secondary N) is 1. The average molecular weight is 285 g/mol. The zero-order valence-electron chi connectivity index (χ0n) is 13.4. The van der Waals surface area contributed by atoms with Crippen molar-refractivity contribution in [2.75, 3.05) is 30.4 Å². The van der Waals surface area contributed by atoms with Crippen molar-refractivity contribution in [2.24, 2.45) is 0 Å². The van der Waals surface area contributed by atoms with Crippen LogP contribution in [0, 0.1) is 13.8 Å². The number of benzene rings is 1. The van der Waals surface area contributed by atoms with E-state index in [1.165, 1.54) is 11.1 Å². The molecule has 2 rings (SSSR count). The van der Waals surface area contributed by atoms with Gasteiger partial charge in [-0.2, -0.15) is 15.0 Å². The topological polar surface area (TPSA) is 53.9 Å². The third-order valence-electron chi connectivity index (χ3n) is 3.37. The quantitative estimate of drug-likeness (QED) is 0.915. The summed E-state index contributed by atoms with van der Waals surface area (Å²) in [5.74, 6) is 2.03. The predicted octanol–water partition coefficient (Wildman–Crippen LogP) is 3.04. The first-order valence-corrected chi connectivity index (χ1v) is 7.34. The second-order valence-corrected chi connectivity index (χ2v) is 5.08. The van der Waals surface area contributed by atoms with Gasteiger partial charge in [-0.3, -0.25) is 0 Å². The highest BCUT2D eigenvalue weighted by Crippen LogP contribution is 2.22. The molecule has 0 aliphatic heterocycles. The lowest BCUT2D eigenvalue weighted by Crippen LogP contribution is -2.25. The van der Waals surface area contributed by atoms with E-state index in [1.807, 2.05) is 7.05 Å². The molecule has 0 saturated heterocycles. The summed E-state index contributed by atoms with van der Waals surface area (Å²) in [5, 5.41) is 3.02. The van der Waals surface area contributed by atoms with Crippen molar-refractivity contribution in [3.05, 3.63) is 29.3 Å². The molecule has 0 amide bonds. The largest absolute Gasteiger partial charge is 0.357 e. The van der Waals surface area contributed by atoms with Gasteiger partial charge in [-0.1, -0.05) is 17.2 Å². The molecule has 5 heteroatoms. The Kier molecular flexibility index (Phi) is 4.73. The van der Waals surface area contributed by atoms with E-state index in [0.29, 0.717) is 17.7 Å². The van der Waals surface area contributed by atoms with Crippen molar-refractivity contribution in [3.8, 4) is 11.4 Å². The number of aryl methyl sites for hydroxylation is 2. The molecule has 0 bridgehead atoms. The van der Waals surface area contributed by atoms with Gasteiger partial charge in [0.1, 0.15) is 0 Å². The van der Waals surface area contributed by atoms with Crippen molar-refractivity contribution in [3.63, 3.8) is 0 Å². The Bertz CT molecular complexity index is 600. The number of anilines is 2. The van der Waals surface area contributed by atoms with Gasteiger partial charge in [-0.25, -0.2) is 0 Å². The van der Waals surface area contributed by atoms with E-state index in [9.17, 15) is 0 Å². The summed E-state index contributed by atoms with van der Waals surface area (Å²) in [6.07, 6.45) is 0. The normalized spacial score (nSPS) is 10.5. The van der Waals surface area contributed by atoms with Crippen LogP contribution in [-0.4, -0.2) is 35.1 Å². The molecular formula is C16H23N5. The molecule has 1 N–H and O–H groups in total. The SMILES string of the molecule is CCN(CC)c1nc(NC)nc(-c2cc(C)cc(C)c2)n1. The van der Waals surface area contributed by atoms with Crippen LogP contribution in [0.25, 0.3) is 11.4 Å². The van der Waals surface area contributed by atoms with Gasteiger partial charge in [-0.05, 0) is 39.8 Å². The molecule has 0 unspecified atom stereocenters. The zero-order chi connectivity index (χ0) is 15.4. The van der Waals surface area contributed by atoms with Crippen LogP contribution in [0.1, 0.15) is 25.0 Å². The lowest BCUT2D eigenvalue weighted by Gasteiger charge is -2.19. The minimum absolute atomic E-state index is 0.598. The Morgan fingerprint density at radius 3 is 2.10 bits per heavy atom. The summed E-state index contributed by atoms with van der Waals surface area (Å²) in [7, 11) is 1.83. The fraction of sp³-hybridized carbons (Fsp3) is 0.438. The molecular weight excluding hydrogens is 262 g/mol. The Hall–Kier alpha value is -2.17. The maximum Gasteiger partial charge on any atom is 0.230 e. The van der Waals surface area contributed by atoms with Gasteiger partial charge in [-0.15, -0.1) is 0 Å². The molecule has 21 heavy (non-hydrogen) atoms. The van der Waals surface area contributed by atoms with Gasteiger partial charge in [0, 0.05) is 25.7 Å². The summed E-state index contributed by atoms with van der Waals surface area (Å²) in [6, 6.07) is 6.36. The zero-order valence-corrected chi connectivity index (χ0v) is 13.4. The minimum Gasteiger partial charge on any atom is -0.357 e. The van der Waals surface area contributed by atoms with E-state index in [-0.39, 0.29) is 0 Å². The summed E-state index contributed by atoms with van der Waals surface area (Å²) in [4.78, 5) is 15.7. The monoisotopic (exact) mass is 285 g/mol. The van der Waals surface area contributed by atoms with Crippen LogP contribution >= 0.6 is 0 Å². The fourth-order valence-electron chi connectivity index (χ4n) is 2.36. The molecule has 0 saturated carbocycles. The van der Waals surface area contributed by atoms with E-state index >= 15 is 0 Å². The van der Waals surface area contributed by atoms with E-state index in [1.54, 1.807) is 0 Å². The van der Waals surface area contributed by atoms with Crippen LogP contribution in [-0.2, 0) is 0 Å². The number of aromatic nitrogens is 3. The Balaban J connectivity index is 2.54. The van der Waals surface area contributed by atoms with Gasteiger partial charge < -0.3 is 10.2 Å². The second-order valence-electron chi connectivity index (χ2n) is 5.08. The number of hydrogen-bond donors (Lipinski definition) is 1. The van der Waals surface area contributed by atoms with Crippen molar-refractivity contribution in [1.29, 1.82) is 0 Å². The summed E-state index contributed by atoms with van der Waals surface area (Å²) in [5.41, 5.74) is 3.45. The molecule has 0 fully saturated rings. The molecule has 0 atom stereocenters. The van der Waals surface area contributed by atoms with Crippen LogP contribution in [0.3, 0.4) is 0 Å². The molecule has 2 aromatic rings. The number of rotatable bonds is 5. The maximum atomic E-state index is 4.64. The van der Waals surface area contributed by atoms with Gasteiger partial charge >= 0.3 is 0 Å². The molecule has 0 aliphatic carbocycles. The summed E-state index contributed by atoms with van der Waals surface area (Å²) < 4.78 is 0. The number of hydrogen-bond acceptors (Lipinski definition) is 5. The first-order chi connectivity index (χ1) is 10.1. The minimum atomic E-state index is 0.598. The molecule has 1 heterocycles. The molecule has 1 aromatic heterocycles. The van der Waals surface area contributed by atoms with E-state index in [0.717, 1.165) is 18.7 Å². The third-order valence-corrected chi connectivity index (χ3v) is 3.37. The second kappa shape index (κ2) is 6.52. The van der Waals surface area contributed by atoms with Crippen LogP contribution < -0.4 is 10.2 Å². The standard InChI is InChI=1S/C16H23N5/c1-6-21(7-2)16-19-14(18-15(17-5)20-16)13-9-11(3)8-12(4)10-13/h8-10H,6-7H2,1-5H3,(H,17,18,19,20). The lowest BCUT2D eigenvalue weighted by molar-refractivity contribution is 0.815. The lowest BCUT2D eigenvalue weighted by atomic mass is 10.1. The van der Waals surface area contributed by atoms with Crippen molar-refractivity contribution < 1.29 is 0 Å². The van der Waals surface area contributed by atoms with Gasteiger partial charge in [0.05, 0.1) is 0 Å². The van der Waals surface area contributed by atoms with Crippen LogP contribution in [0.2, 0.25) is 0 Å². The highest BCUT2D eigenvalue weighted by Gasteiger charge is 2.12. The molecule has 0 radical (unpaired) electrons. The Morgan fingerprint density at radius 2 is 1.57 bits per heavy atom. The predicted molar refractivity (Wildman–Crippen MR) is 87.8 cm³/mol. The van der Waals surface area contributed by atoms with Crippen molar-refractivity contribution in [2.45, 2.75) is 27.7 Å². The fourth-order valence-corrected chi connectivity index (χ4v) is 2.36. The smallest absolute Gasteiger partial charge is 0.230 e. The first-order valence-electron chi connectivity index (χ1n) is 7.34. The van der Waals surface area contributed by atoms with Gasteiger partial charge in [0.2, 0.25) is 11.9 Å². The first kappa shape index (κ1) is 15.2. The molecule has 5 nitrogen and oxygen atoms in total. The maximum absolute atomic E-state index is 4.64. The van der Waals surface area contributed by atoms with Crippen molar-refractivity contribution in [1.82, 2.24) is 15.0 Å². The average Bonchev–Trinajstić information content (AvgIpc) is 2.47. The summed E-state index contributed by atoms with van der Waals surface area (Å²) >= 11 is 0. The Labute approximate surface area is 126 Å². The Morgan fingerprint density at radius 1 is 0.952 bits per heavy atom. The van der Waals surface area contributed by atoms with E-state index in [4.69, 9.17) is 0 Å². The molecule has 112 valence electrons. The van der Waals surface area contributed by atoms with Gasteiger partial charge in [0.15, 0.2) is 5.82 Å². The highest BCUT2D eigenvalue weighted by atomic mass is 15.3. The number of nitrogens with zero attached hydrogens (tertiary/aromatic N) is 4. The van der Waals surface area contributed by atoms with E-state index in [2.05, 4.69) is 71.1 Å². The van der Waals surface area contributed by atoms with E-state index < -0.39 is 0 Å². The van der Waals surface area contributed by atoms with Crippen LogP contribution in [0.4, 0.5) is 11.9 Å². The molecule has 0 aliphatic rings. The van der Waals surface area contributed by atoms with Crippen LogP contribution in [0.15, 0.2) is 18.2 Å². The molecule has 0 spiro atoms. The molecule has 1 aromatic carbocycles. The third kappa shape index (κ3) is 3.48. The van der Waals surface area contributed by atoms with Crippen LogP contribution in [0.5, 0.6) is 0 Å².